The molecule has 0 aliphatic carbocycles. The minimum atomic E-state index is 0.841. The molecular weight excluding hydrogens is 248 g/mol. The molecule has 0 spiro atoms. The van der Waals surface area contributed by atoms with E-state index in [2.05, 4.69) is 41.4 Å². The van der Waals surface area contributed by atoms with Crippen molar-refractivity contribution in [3.05, 3.63) is 29.8 Å². The van der Waals surface area contributed by atoms with Gasteiger partial charge in [0, 0.05) is 32.7 Å². The predicted molar refractivity (Wildman–Crippen MR) is 84.5 cm³/mol. The Labute approximate surface area is 123 Å². The Kier molecular flexibility index (Phi) is 6.89. The van der Waals surface area contributed by atoms with E-state index in [0.29, 0.717) is 0 Å². The van der Waals surface area contributed by atoms with Crippen molar-refractivity contribution in [1.29, 1.82) is 0 Å². The highest BCUT2D eigenvalue weighted by Crippen LogP contribution is 2.13. The summed E-state index contributed by atoms with van der Waals surface area (Å²) in [5.74, 6) is 1.01. The largest absolute Gasteiger partial charge is 0.494 e. The van der Waals surface area contributed by atoms with E-state index in [1.807, 2.05) is 0 Å². The van der Waals surface area contributed by atoms with Crippen LogP contribution in [0.15, 0.2) is 24.3 Å². The van der Waals surface area contributed by atoms with Crippen LogP contribution in [-0.2, 0) is 6.42 Å². The van der Waals surface area contributed by atoms with Gasteiger partial charge in [0.15, 0.2) is 0 Å². The van der Waals surface area contributed by atoms with Gasteiger partial charge >= 0.3 is 0 Å². The summed E-state index contributed by atoms with van der Waals surface area (Å²) in [6, 6.07) is 8.63. The van der Waals surface area contributed by atoms with E-state index in [-0.39, 0.29) is 0 Å². The monoisotopic (exact) mass is 276 g/mol. The SMILES string of the molecule is CCCCCOc1ccc(CCN2CCNCC2)cc1. The van der Waals surface area contributed by atoms with Crippen molar-refractivity contribution >= 4 is 0 Å². The normalized spacial score (nSPS) is 16.2. The van der Waals surface area contributed by atoms with Gasteiger partial charge in [-0.05, 0) is 30.5 Å². The van der Waals surface area contributed by atoms with Crippen LogP contribution < -0.4 is 10.1 Å². The molecule has 1 aliphatic heterocycles. The predicted octanol–water partition coefficient (Wildman–Crippen LogP) is 2.70. The summed E-state index contributed by atoms with van der Waals surface area (Å²) >= 11 is 0. The molecule has 1 N–H and O–H groups in total. The summed E-state index contributed by atoms with van der Waals surface area (Å²) < 4.78 is 5.74. The molecule has 0 aromatic heterocycles. The van der Waals surface area contributed by atoms with Gasteiger partial charge in [0.05, 0.1) is 6.61 Å². The molecule has 0 radical (unpaired) electrons. The molecule has 3 nitrogen and oxygen atoms in total. The van der Waals surface area contributed by atoms with Gasteiger partial charge in [-0.25, -0.2) is 0 Å². The molecule has 1 aromatic rings. The topological polar surface area (TPSA) is 24.5 Å². The molecule has 1 heterocycles. The molecule has 0 unspecified atom stereocenters. The van der Waals surface area contributed by atoms with Gasteiger partial charge in [-0.2, -0.15) is 0 Å². The average Bonchev–Trinajstić information content (AvgIpc) is 2.52. The average molecular weight is 276 g/mol. The summed E-state index contributed by atoms with van der Waals surface area (Å²) in [6.45, 7) is 8.84. The number of hydrogen-bond acceptors (Lipinski definition) is 3. The minimum absolute atomic E-state index is 0.841. The van der Waals surface area contributed by atoms with Crippen LogP contribution in [0.25, 0.3) is 0 Å². The van der Waals surface area contributed by atoms with Crippen LogP contribution in [0.4, 0.5) is 0 Å². The molecule has 0 amide bonds. The Morgan fingerprint density at radius 2 is 1.85 bits per heavy atom. The Morgan fingerprint density at radius 1 is 1.10 bits per heavy atom. The van der Waals surface area contributed by atoms with Crippen LogP contribution >= 0.6 is 0 Å². The van der Waals surface area contributed by atoms with Crippen LogP contribution in [-0.4, -0.2) is 44.2 Å². The molecule has 0 saturated carbocycles. The van der Waals surface area contributed by atoms with Crippen LogP contribution in [0, 0.1) is 0 Å². The maximum absolute atomic E-state index is 5.74. The molecular formula is C17H28N2O. The quantitative estimate of drug-likeness (QED) is 0.739. The maximum Gasteiger partial charge on any atom is 0.119 e. The van der Waals surface area contributed by atoms with E-state index in [4.69, 9.17) is 4.74 Å². The van der Waals surface area contributed by atoms with Crippen LogP contribution in [0.5, 0.6) is 5.75 Å². The second-order valence-electron chi connectivity index (χ2n) is 5.54. The van der Waals surface area contributed by atoms with Crippen molar-refractivity contribution in [2.75, 3.05) is 39.3 Å². The van der Waals surface area contributed by atoms with Crippen molar-refractivity contribution in [1.82, 2.24) is 10.2 Å². The standard InChI is InChI=1S/C17H28N2O/c1-2-3-4-15-20-17-7-5-16(6-8-17)9-12-19-13-10-18-11-14-19/h5-8,18H,2-4,9-15H2,1H3. The number of unbranched alkanes of at least 4 members (excludes halogenated alkanes) is 2. The minimum Gasteiger partial charge on any atom is -0.494 e. The maximum atomic E-state index is 5.74. The van der Waals surface area contributed by atoms with Crippen LogP contribution in [0.1, 0.15) is 31.7 Å². The Bertz CT molecular complexity index is 358. The highest BCUT2D eigenvalue weighted by molar-refractivity contribution is 5.27. The highest BCUT2D eigenvalue weighted by atomic mass is 16.5. The van der Waals surface area contributed by atoms with Gasteiger partial charge < -0.3 is 15.0 Å². The Balaban J connectivity index is 1.68. The summed E-state index contributed by atoms with van der Waals surface area (Å²) in [4.78, 5) is 2.53. The first-order chi connectivity index (χ1) is 9.88. The number of nitrogens with zero attached hydrogens (tertiary/aromatic N) is 1. The third-order valence-corrected chi connectivity index (χ3v) is 3.87. The van der Waals surface area contributed by atoms with Gasteiger partial charge in [-0.3, -0.25) is 0 Å². The van der Waals surface area contributed by atoms with Gasteiger partial charge in [0.1, 0.15) is 5.75 Å². The fourth-order valence-corrected chi connectivity index (χ4v) is 2.52. The number of hydrogen-bond donors (Lipinski definition) is 1. The number of piperazine rings is 1. The summed E-state index contributed by atoms with van der Waals surface area (Å²) in [5.41, 5.74) is 1.41. The fourth-order valence-electron chi connectivity index (χ4n) is 2.52. The van der Waals surface area contributed by atoms with Crippen molar-refractivity contribution in [3.63, 3.8) is 0 Å². The lowest BCUT2D eigenvalue weighted by molar-refractivity contribution is 0.244. The molecule has 3 heteroatoms. The zero-order valence-electron chi connectivity index (χ0n) is 12.7. The molecule has 0 atom stereocenters. The molecule has 20 heavy (non-hydrogen) atoms. The molecule has 2 rings (SSSR count). The molecule has 112 valence electrons. The first kappa shape index (κ1) is 15.3. The van der Waals surface area contributed by atoms with Gasteiger partial charge in [0.25, 0.3) is 0 Å². The van der Waals surface area contributed by atoms with Gasteiger partial charge in [-0.1, -0.05) is 31.9 Å². The highest BCUT2D eigenvalue weighted by Gasteiger charge is 2.08. The first-order valence-corrected chi connectivity index (χ1v) is 8.03. The van der Waals surface area contributed by atoms with Gasteiger partial charge in [-0.15, -0.1) is 0 Å². The van der Waals surface area contributed by atoms with E-state index in [1.165, 1.54) is 38.0 Å². The van der Waals surface area contributed by atoms with Crippen molar-refractivity contribution < 1.29 is 4.74 Å². The Morgan fingerprint density at radius 3 is 2.55 bits per heavy atom. The zero-order valence-corrected chi connectivity index (χ0v) is 12.7. The van der Waals surface area contributed by atoms with E-state index >= 15 is 0 Å². The fraction of sp³-hybridized carbons (Fsp3) is 0.647. The van der Waals surface area contributed by atoms with E-state index in [0.717, 1.165) is 38.3 Å². The number of benzene rings is 1. The third-order valence-electron chi connectivity index (χ3n) is 3.87. The summed E-state index contributed by atoms with van der Waals surface area (Å²) in [7, 11) is 0. The van der Waals surface area contributed by atoms with Crippen LogP contribution in [0.3, 0.4) is 0 Å². The number of rotatable bonds is 8. The lowest BCUT2D eigenvalue weighted by atomic mass is 10.1. The van der Waals surface area contributed by atoms with E-state index in [9.17, 15) is 0 Å². The first-order valence-electron chi connectivity index (χ1n) is 8.03. The number of nitrogens with one attached hydrogen (secondary N) is 1. The molecule has 1 aromatic carbocycles. The summed E-state index contributed by atoms with van der Waals surface area (Å²) in [6.07, 6.45) is 4.79. The van der Waals surface area contributed by atoms with Crippen molar-refractivity contribution in [2.24, 2.45) is 0 Å². The van der Waals surface area contributed by atoms with E-state index in [1.54, 1.807) is 0 Å². The molecule has 0 bridgehead atoms. The second kappa shape index (κ2) is 8.98. The zero-order chi connectivity index (χ0) is 14.0. The molecule has 1 saturated heterocycles. The van der Waals surface area contributed by atoms with Gasteiger partial charge in [0.2, 0.25) is 0 Å². The van der Waals surface area contributed by atoms with Crippen molar-refractivity contribution in [3.8, 4) is 5.75 Å². The summed E-state index contributed by atoms with van der Waals surface area (Å²) in [5, 5.41) is 3.39. The Hall–Kier alpha value is -1.06. The lowest BCUT2D eigenvalue weighted by Gasteiger charge is -2.27. The third kappa shape index (κ3) is 5.51. The molecule has 1 fully saturated rings. The van der Waals surface area contributed by atoms with Crippen LogP contribution in [0.2, 0.25) is 0 Å². The van der Waals surface area contributed by atoms with Crippen molar-refractivity contribution in [2.45, 2.75) is 32.6 Å². The lowest BCUT2D eigenvalue weighted by Crippen LogP contribution is -2.44. The number of ether oxygens (including phenoxy) is 1. The molecule has 1 aliphatic rings. The smallest absolute Gasteiger partial charge is 0.119 e. The second-order valence-corrected chi connectivity index (χ2v) is 5.54. The van der Waals surface area contributed by atoms with E-state index < -0.39 is 0 Å².